The van der Waals surface area contributed by atoms with Crippen molar-refractivity contribution in [3.05, 3.63) is 59.7 Å². The summed E-state index contributed by atoms with van der Waals surface area (Å²) in [6.07, 6.45) is 1.77. The van der Waals surface area contributed by atoms with Crippen molar-refractivity contribution in [2.75, 3.05) is 0 Å². The van der Waals surface area contributed by atoms with Crippen LogP contribution in [-0.2, 0) is 0 Å². The molecule has 0 aliphatic carbocycles. The van der Waals surface area contributed by atoms with Crippen molar-refractivity contribution >= 4 is 11.6 Å². The number of benzene rings is 1. The number of nitrogens with zero attached hydrogens (tertiary/aromatic N) is 1. The molecule has 0 fully saturated rings. The van der Waals surface area contributed by atoms with E-state index in [0.29, 0.717) is 11.3 Å². The Morgan fingerprint density at radius 3 is 2.61 bits per heavy atom. The molecule has 4 nitrogen and oxygen atoms in total. The number of rotatable bonds is 3. The van der Waals surface area contributed by atoms with Crippen molar-refractivity contribution in [3.8, 4) is 0 Å². The smallest absolute Gasteiger partial charge is 0.271 e. The van der Waals surface area contributed by atoms with Gasteiger partial charge in [0.25, 0.3) is 5.91 Å². The average Bonchev–Trinajstić information content (AvgIpc) is 2.90. The number of aromatic amines is 1. The summed E-state index contributed by atoms with van der Waals surface area (Å²) in [5, 5.41) is 3.96. The molecule has 1 amide bonds. The summed E-state index contributed by atoms with van der Waals surface area (Å²) in [5.41, 5.74) is 4.26. The second-order valence-electron chi connectivity index (χ2n) is 3.73. The third-order valence-corrected chi connectivity index (χ3v) is 2.42. The van der Waals surface area contributed by atoms with Crippen LogP contribution in [0.1, 0.15) is 23.0 Å². The van der Waals surface area contributed by atoms with Gasteiger partial charge in [0.2, 0.25) is 0 Å². The fourth-order valence-electron chi connectivity index (χ4n) is 1.42. The number of halogens is 1. The first-order valence-electron chi connectivity index (χ1n) is 5.41. The molecular formula is C13H12FN3O. The highest BCUT2D eigenvalue weighted by molar-refractivity contribution is 5.99. The molecule has 0 bridgehead atoms. The molecule has 0 unspecified atom stereocenters. The summed E-state index contributed by atoms with van der Waals surface area (Å²) >= 11 is 0. The van der Waals surface area contributed by atoms with Crippen molar-refractivity contribution in [1.82, 2.24) is 10.4 Å². The number of amides is 1. The lowest BCUT2D eigenvalue weighted by atomic mass is 10.2. The Morgan fingerprint density at radius 2 is 2.00 bits per heavy atom. The van der Waals surface area contributed by atoms with Gasteiger partial charge in [0.1, 0.15) is 5.82 Å². The number of carbonyl (C=O) groups is 1. The van der Waals surface area contributed by atoms with Gasteiger partial charge in [-0.3, -0.25) is 4.79 Å². The summed E-state index contributed by atoms with van der Waals surface area (Å²) in [6.45, 7) is 1.77. The Morgan fingerprint density at radius 1 is 1.28 bits per heavy atom. The SMILES string of the molecule is C/C(=N\NC(=O)c1ccc(F)cc1)c1ccc[nH]1. The minimum Gasteiger partial charge on any atom is -0.360 e. The zero-order chi connectivity index (χ0) is 13.0. The number of H-pyrrole nitrogens is 1. The zero-order valence-electron chi connectivity index (χ0n) is 9.77. The monoisotopic (exact) mass is 245 g/mol. The minimum absolute atomic E-state index is 0.361. The first-order chi connectivity index (χ1) is 8.66. The largest absolute Gasteiger partial charge is 0.360 e. The molecular weight excluding hydrogens is 233 g/mol. The zero-order valence-corrected chi connectivity index (χ0v) is 9.77. The predicted molar refractivity (Wildman–Crippen MR) is 66.9 cm³/mol. The molecule has 2 aromatic rings. The molecule has 0 atom stereocenters. The van der Waals surface area contributed by atoms with E-state index >= 15 is 0 Å². The number of hydrazone groups is 1. The number of aromatic nitrogens is 1. The topological polar surface area (TPSA) is 57.2 Å². The second-order valence-corrected chi connectivity index (χ2v) is 3.73. The molecule has 0 spiro atoms. The van der Waals surface area contributed by atoms with Gasteiger partial charge in [-0.2, -0.15) is 5.10 Å². The van der Waals surface area contributed by atoms with Gasteiger partial charge in [0.15, 0.2) is 0 Å². The first-order valence-corrected chi connectivity index (χ1v) is 5.41. The molecule has 1 aromatic carbocycles. The number of hydrogen-bond donors (Lipinski definition) is 2. The van der Waals surface area contributed by atoms with Crippen molar-refractivity contribution in [1.29, 1.82) is 0 Å². The van der Waals surface area contributed by atoms with E-state index in [1.54, 1.807) is 13.1 Å². The van der Waals surface area contributed by atoms with Crippen LogP contribution in [0.5, 0.6) is 0 Å². The predicted octanol–water partition coefficient (Wildman–Crippen LogP) is 2.31. The summed E-state index contributed by atoms with van der Waals surface area (Å²) in [5.74, 6) is -0.751. The van der Waals surface area contributed by atoms with Gasteiger partial charge in [-0.05, 0) is 43.3 Å². The van der Waals surface area contributed by atoms with E-state index in [4.69, 9.17) is 0 Å². The maximum atomic E-state index is 12.7. The minimum atomic E-state index is -0.377. The quantitative estimate of drug-likeness (QED) is 0.632. The summed E-state index contributed by atoms with van der Waals surface area (Å²) < 4.78 is 12.7. The number of carbonyl (C=O) groups excluding carboxylic acids is 1. The van der Waals surface area contributed by atoms with Crippen molar-refractivity contribution in [2.24, 2.45) is 5.10 Å². The molecule has 0 saturated carbocycles. The van der Waals surface area contributed by atoms with Crippen LogP contribution < -0.4 is 5.43 Å². The van der Waals surface area contributed by atoms with Crippen molar-refractivity contribution < 1.29 is 9.18 Å². The van der Waals surface area contributed by atoms with E-state index in [2.05, 4.69) is 15.5 Å². The Labute approximate surface area is 104 Å². The first kappa shape index (κ1) is 12.0. The van der Waals surface area contributed by atoms with Gasteiger partial charge in [-0.25, -0.2) is 9.82 Å². The molecule has 0 saturated heterocycles. The van der Waals surface area contributed by atoms with Crippen molar-refractivity contribution in [2.45, 2.75) is 6.92 Å². The van der Waals surface area contributed by atoms with E-state index in [0.717, 1.165) is 5.69 Å². The van der Waals surface area contributed by atoms with E-state index < -0.39 is 0 Å². The molecule has 1 aromatic heterocycles. The van der Waals surface area contributed by atoms with Gasteiger partial charge in [0.05, 0.1) is 11.4 Å². The summed E-state index contributed by atoms with van der Waals surface area (Å²) in [6, 6.07) is 8.97. The summed E-state index contributed by atoms with van der Waals surface area (Å²) in [4.78, 5) is 14.7. The lowest BCUT2D eigenvalue weighted by Crippen LogP contribution is -2.19. The fourth-order valence-corrected chi connectivity index (χ4v) is 1.42. The van der Waals surface area contributed by atoms with E-state index in [1.807, 2.05) is 12.1 Å². The van der Waals surface area contributed by atoms with Gasteiger partial charge >= 0.3 is 0 Å². The standard InChI is InChI=1S/C13H12FN3O/c1-9(12-3-2-8-15-12)16-17-13(18)10-4-6-11(14)7-5-10/h2-8,15H,1H3,(H,17,18)/b16-9+. The van der Waals surface area contributed by atoms with Gasteiger partial charge in [0, 0.05) is 11.8 Å². The average molecular weight is 245 g/mol. The highest BCUT2D eigenvalue weighted by atomic mass is 19.1. The number of nitrogens with one attached hydrogen (secondary N) is 2. The van der Waals surface area contributed by atoms with Crippen LogP contribution in [0.15, 0.2) is 47.7 Å². The highest BCUT2D eigenvalue weighted by Crippen LogP contribution is 2.02. The van der Waals surface area contributed by atoms with Crippen LogP contribution in [-0.4, -0.2) is 16.6 Å². The number of hydrogen-bond acceptors (Lipinski definition) is 2. The van der Waals surface area contributed by atoms with Crippen LogP contribution in [0.3, 0.4) is 0 Å². The molecule has 0 aliphatic heterocycles. The van der Waals surface area contributed by atoms with Crippen LogP contribution in [0.2, 0.25) is 0 Å². The third kappa shape index (κ3) is 2.82. The lowest BCUT2D eigenvalue weighted by molar-refractivity contribution is 0.0955. The van der Waals surface area contributed by atoms with E-state index in [9.17, 15) is 9.18 Å². The van der Waals surface area contributed by atoms with Gasteiger partial charge < -0.3 is 4.98 Å². The Bertz CT molecular complexity index is 558. The molecule has 0 aliphatic rings. The molecule has 2 rings (SSSR count). The van der Waals surface area contributed by atoms with Crippen LogP contribution in [0.25, 0.3) is 0 Å². The van der Waals surface area contributed by atoms with Crippen molar-refractivity contribution in [3.63, 3.8) is 0 Å². The lowest BCUT2D eigenvalue weighted by Gasteiger charge is -2.01. The second kappa shape index (κ2) is 5.27. The third-order valence-electron chi connectivity index (χ3n) is 2.42. The van der Waals surface area contributed by atoms with Crippen LogP contribution in [0, 0.1) is 5.82 Å². The van der Waals surface area contributed by atoms with Gasteiger partial charge in [-0.15, -0.1) is 0 Å². The Hall–Kier alpha value is -2.43. The fraction of sp³-hybridized carbons (Fsp3) is 0.0769. The van der Waals surface area contributed by atoms with Crippen LogP contribution >= 0.6 is 0 Å². The van der Waals surface area contributed by atoms with E-state index in [-0.39, 0.29) is 11.7 Å². The molecule has 5 heteroatoms. The summed E-state index contributed by atoms with van der Waals surface area (Å²) in [7, 11) is 0. The van der Waals surface area contributed by atoms with E-state index in [1.165, 1.54) is 24.3 Å². The van der Waals surface area contributed by atoms with Gasteiger partial charge in [-0.1, -0.05) is 0 Å². The molecule has 0 radical (unpaired) electrons. The Kier molecular flexibility index (Phi) is 3.52. The maximum absolute atomic E-state index is 12.7. The normalized spacial score (nSPS) is 11.3. The highest BCUT2D eigenvalue weighted by Gasteiger charge is 2.04. The Balaban J connectivity index is 2.04. The molecule has 2 N–H and O–H groups in total. The van der Waals surface area contributed by atoms with Crippen LogP contribution in [0.4, 0.5) is 4.39 Å². The molecule has 18 heavy (non-hydrogen) atoms. The molecule has 1 heterocycles. The molecule has 92 valence electrons. The maximum Gasteiger partial charge on any atom is 0.271 e.